The van der Waals surface area contributed by atoms with Crippen LogP contribution in [0.25, 0.3) is 0 Å². The highest BCUT2D eigenvalue weighted by Gasteiger charge is 2.13. The van der Waals surface area contributed by atoms with Gasteiger partial charge in [-0.3, -0.25) is 4.68 Å². The van der Waals surface area contributed by atoms with E-state index in [-0.39, 0.29) is 24.8 Å². The zero-order chi connectivity index (χ0) is 8.23. The molecule has 1 fully saturated rings. The number of hydrogen-bond acceptors (Lipinski definition) is 3. The number of rotatable bonds is 2. The first-order valence-electron chi connectivity index (χ1n) is 4.48. The molecule has 0 bridgehead atoms. The number of halogens is 2. The number of hydrogen-bond donors (Lipinski definition) is 1. The van der Waals surface area contributed by atoms with Gasteiger partial charge in [-0.1, -0.05) is 0 Å². The van der Waals surface area contributed by atoms with Gasteiger partial charge in [0.2, 0.25) is 0 Å². The van der Waals surface area contributed by atoms with Crippen LogP contribution in [0.3, 0.4) is 0 Å². The average Bonchev–Trinajstić information content (AvgIpc) is 2.59. The van der Waals surface area contributed by atoms with Crippen molar-refractivity contribution in [3.05, 3.63) is 12.7 Å². The molecule has 0 aromatic carbocycles. The van der Waals surface area contributed by atoms with Gasteiger partial charge in [0.05, 0.1) is 0 Å². The molecule has 2 heterocycles. The first kappa shape index (κ1) is 13.7. The van der Waals surface area contributed by atoms with Crippen molar-refractivity contribution in [1.82, 2.24) is 20.1 Å². The topological polar surface area (TPSA) is 42.7 Å². The molecule has 1 N–H and O–H groups in total. The molecule has 82 valence electrons. The quantitative estimate of drug-likeness (QED) is 0.841. The van der Waals surface area contributed by atoms with Crippen LogP contribution >= 0.6 is 24.8 Å². The van der Waals surface area contributed by atoms with E-state index in [0.29, 0.717) is 0 Å². The fraction of sp³-hybridized carbons (Fsp3) is 0.750. The molecule has 0 amide bonds. The Morgan fingerprint density at radius 1 is 1.43 bits per heavy atom. The van der Waals surface area contributed by atoms with E-state index in [1.807, 2.05) is 4.68 Å². The minimum absolute atomic E-state index is 0. The molecular weight excluding hydrogens is 223 g/mol. The molecule has 0 radical (unpaired) electrons. The molecule has 1 aliphatic rings. The van der Waals surface area contributed by atoms with Gasteiger partial charge in [0.25, 0.3) is 0 Å². The highest BCUT2D eigenvalue weighted by Crippen LogP contribution is 2.11. The fourth-order valence-corrected chi connectivity index (χ4v) is 1.67. The third kappa shape index (κ3) is 3.82. The largest absolute Gasteiger partial charge is 0.316 e. The Balaban J connectivity index is 0.000000845. The van der Waals surface area contributed by atoms with Crippen molar-refractivity contribution in [3.8, 4) is 0 Å². The van der Waals surface area contributed by atoms with Crippen LogP contribution in [-0.2, 0) is 6.54 Å². The summed E-state index contributed by atoms with van der Waals surface area (Å²) in [6.45, 7) is 3.31. The zero-order valence-electron chi connectivity index (χ0n) is 7.93. The van der Waals surface area contributed by atoms with Gasteiger partial charge < -0.3 is 5.32 Å². The monoisotopic (exact) mass is 238 g/mol. The van der Waals surface area contributed by atoms with Gasteiger partial charge in [-0.05, 0) is 31.8 Å². The van der Waals surface area contributed by atoms with E-state index >= 15 is 0 Å². The van der Waals surface area contributed by atoms with Gasteiger partial charge in [0.1, 0.15) is 12.7 Å². The van der Waals surface area contributed by atoms with Crippen LogP contribution in [-0.4, -0.2) is 27.9 Å². The lowest BCUT2D eigenvalue weighted by molar-refractivity contribution is 0.325. The van der Waals surface area contributed by atoms with Crippen molar-refractivity contribution in [2.24, 2.45) is 5.92 Å². The average molecular weight is 239 g/mol. The number of aromatic nitrogens is 3. The van der Waals surface area contributed by atoms with E-state index in [9.17, 15) is 0 Å². The molecule has 1 aliphatic heterocycles. The minimum Gasteiger partial charge on any atom is -0.316 e. The summed E-state index contributed by atoms with van der Waals surface area (Å²) in [5, 5.41) is 7.47. The highest BCUT2D eigenvalue weighted by atomic mass is 35.5. The molecule has 1 aromatic heterocycles. The molecule has 1 unspecified atom stereocenters. The van der Waals surface area contributed by atoms with E-state index in [1.54, 1.807) is 12.7 Å². The van der Waals surface area contributed by atoms with Crippen LogP contribution in [0.1, 0.15) is 12.8 Å². The summed E-state index contributed by atoms with van der Waals surface area (Å²) in [5.74, 6) is 0.737. The summed E-state index contributed by atoms with van der Waals surface area (Å²) in [7, 11) is 0. The van der Waals surface area contributed by atoms with Crippen molar-refractivity contribution in [2.45, 2.75) is 19.4 Å². The van der Waals surface area contributed by atoms with Crippen LogP contribution in [0.15, 0.2) is 12.7 Å². The van der Waals surface area contributed by atoms with E-state index in [2.05, 4.69) is 15.4 Å². The van der Waals surface area contributed by atoms with E-state index < -0.39 is 0 Å². The van der Waals surface area contributed by atoms with Crippen molar-refractivity contribution < 1.29 is 0 Å². The number of nitrogens with zero attached hydrogens (tertiary/aromatic N) is 3. The van der Waals surface area contributed by atoms with Gasteiger partial charge in [0.15, 0.2) is 0 Å². The maximum absolute atomic E-state index is 4.09. The highest BCUT2D eigenvalue weighted by molar-refractivity contribution is 5.85. The van der Waals surface area contributed by atoms with Gasteiger partial charge in [-0.25, -0.2) is 4.98 Å². The molecule has 1 atom stereocenters. The van der Waals surface area contributed by atoms with Crippen LogP contribution in [0, 0.1) is 5.92 Å². The lowest BCUT2D eigenvalue weighted by Crippen LogP contribution is -2.32. The Kier molecular flexibility index (Phi) is 6.87. The first-order chi connectivity index (χ1) is 5.95. The van der Waals surface area contributed by atoms with E-state index in [0.717, 1.165) is 19.0 Å². The standard InChI is InChI=1S/C8H14N4.2ClH/c1-2-8(4-9-3-1)5-12-7-10-6-11-12;;/h6-9H,1-5H2;2*1H. The minimum atomic E-state index is 0. The van der Waals surface area contributed by atoms with Gasteiger partial charge >= 0.3 is 0 Å². The Morgan fingerprint density at radius 2 is 2.29 bits per heavy atom. The molecule has 0 saturated carbocycles. The van der Waals surface area contributed by atoms with Crippen LogP contribution in [0.5, 0.6) is 0 Å². The molecular formula is C8H16Cl2N4. The molecule has 4 nitrogen and oxygen atoms in total. The molecule has 1 saturated heterocycles. The number of nitrogens with one attached hydrogen (secondary N) is 1. The molecule has 2 rings (SSSR count). The second kappa shape index (κ2) is 7.04. The van der Waals surface area contributed by atoms with Crippen molar-refractivity contribution >= 4 is 24.8 Å². The van der Waals surface area contributed by atoms with E-state index in [4.69, 9.17) is 0 Å². The third-order valence-electron chi connectivity index (χ3n) is 2.31. The molecule has 0 spiro atoms. The number of piperidine rings is 1. The summed E-state index contributed by atoms with van der Waals surface area (Å²) in [4.78, 5) is 3.92. The predicted molar refractivity (Wildman–Crippen MR) is 60.1 cm³/mol. The Labute approximate surface area is 96.3 Å². The third-order valence-corrected chi connectivity index (χ3v) is 2.31. The smallest absolute Gasteiger partial charge is 0.137 e. The summed E-state index contributed by atoms with van der Waals surface area (Å²) >= 11 is 0. The van der Waals surface area contributed by atoms with Gasteiger partial charge in [-0.15, -0.1) is 24.8 Å². The predicted octanol–water partition coefficient (Wildman–Crippen LogP) is 1.12. The second-order valence-corrected chi connectivity index (χ2v) is 3.33. The molecule has 6 heteroatoms. The first-order valence-corrected chi connectivity index (χ1v) is 4.48. The van der Waals surface area contributed by atoms with Gasteiger partial charge in [-0.2, -0.15) is 5.10 Å². The van der Waals surface area contributed by atoms with Gasteiger partial charge in [0, 0.05) is 6.54 Å². The Morgan fingerprint density at radius 3 is 2.86 bits per heavy atom. The fourth-order valence-electron chi connectivity index (χ4n) is 1.67. The zero-order valence-corrected chi connectivity index (χ0v) is 9.56. The molecule has 0 aliphatic carbocycles. The SMILES string of the molecule is Cl.Cl.c1ncn(CC2CCCNC2)n1. The van der Waals surface area contributed by atoms with Crippen molar-refractivity contribution in [1.29, 1.82) is 0 Å². The van der Waals surface area contributed by atoms with Crippen molar-refractivity contribution in [3.63, 3.8) is 0 Å². The lowest BCUT2D eigenvalue weighted by Gasteiger charge is -2.22. The normalized spacial score (nSPS) is 20.7. The lowest BCUT2D eigenvalue weighted by atomic mass is 10.00. The van der Waals surface area contributed by atoms with E-state index in [1.165, 1.54) is 19.4 Å². The van der Waals surface area contributed by atoms with Crippen LogP contribution in [0.2, 0.25) is 0 Å². The maximum atomic E-state index is 4.09. The maximum Gasteiger partial charge on any atom is 0.137 e. The van der Waals surface area contributed by atoms with Crippen molar-refractivity contribution in [2.75, 3.05) is 13.1 Å². The molecule has 14 heavy (non-hydrogen) atoms. The summed E-state index contributed by atoms with van der Waals surface area (Å²) < 4.78 is 1.91. The Bertz CT molecular complexity index is 221. The van der Waals surface area contributed by atoms with Crippen LogP contribution < -0.4 is 5.32 Å². The summed E-state index contributed by atoms with van der Waals surface area (Å²) in [6, 6.07) is 0. The second-order valence-electron chi connectivity index (χ2n) is 3.33. The van der Waals surface area contributed by atoms with Crippen LogP contribution in [0.4, 0.5) is 0 Å². The Hall–Kier alpha value is -0.320. The summed E-state index contributed by atoms with van der Waals surface area (Å²) in [6.07, 6.45) is 5.98. The molecule has 1 aromatic rings. The summed E-state index contributed by atoms with van der Waals surface area (Å²) in [5.41, 5.74) is 0.